The first-order chi connectivity index (χ1) is 8.66. The first-order valence-electron chi connectivity index (χ1n) is 6.22. The zero-order chi connectivity index (χ0) is 13.0. The molecule has 1 nitrogen and oxygen atoms in total. The molecule has 0 radical (unpaired) electrons. The lowest BCUT2D eigenvalue weighted by atomic mass is 9.97. The van der Waals surface area contributed by atoms with Crippen molar-refractivity contribution in [3.63, 3.8) is 0 Å². The summed E-state index contributed by atoms with van der Waals surface area (Å²) in [6.07, 6.45) is 1.63. The van der Waals surface area contributed by atoms with Gasteiger partial charge in [0.1, 0.15) is 5.82 Å². The van der Waals surface area contributed by atoms with Crippen LogP contribution in [0.5, 0.6) is 0 Å². The summed E-state index contributed by atoms with van der Waals surface area (Å²) in [5.41, 5.74) is 9.43. The van der Waals surface area contributed by atoms with E-state index in [-0.39, 0.29) is 11.9 Å². The zero-order valence-electron chi connectivity index (χ0n) is 10.6. The molecule has 0 saturated heterocycles. The van der Waals surface area contributed by atoms with Crippen LogP contribution in [0.1, 0.15) is 29.2 Å². The second kappa shape index (κ2) is 5.78. The van der Waals surface area contributed by atoms with Gasteiger partial charge in [0, 0.05) is 6.04 Å². The van der Waals surface area contributed by atoms with Gasteiger partial charge < -0.3 is 5.73 Å². The van der Waals surface area contributed by atoms with Crippen molar-refractivity contribution in [2.75, 3.05) is 0 Å². The number of hydrogen-bond acceptors (Lipinski definition) is 1. The summed E-state index contributed by atoms with van der Waals surface area (Å²) in [6, 6.07) is 14.9. The summed E-state index contributed by atoms with van der Waals surface area (Å²) >= 11 is 0. The highest BCUT2D eigenvalue weighted by molar-refractivity contribution is 5.27. The van der Waals surface area contributed by atoms with Gasteiger partial charge >= 0.3 is 0 Å². The van der Waals surface area contributed by atoms with E-state index in [0.717, 1.165) is 29.5 Å². The van der Waals surface area contributed by atoms with Gasteiger partial charge in [-0.1, -0.05) is 36.4 Å². The van der Waals surface area contributed by atoms with Crippen LogP contribution in [0.3, 0.4) is 0 Å². The minimum Gasteiger partial charge on any atom is -0.324 e. The number of nitrogens with two attached hydrogens (primary N) is 1. The smallest absolute Gasteiger partial charge is 0.123 e. The number of halogens is 1. The minimum atomic E-state index is -0.177. The van der Waals surface area contributed by atoms with E-state index >= 15 is 0 Å². The Balaban J connectivity index is 2.01. The van der Waals surface area contributed by atoms with Crippen molar-refractivity contribution in [3.8, 4) is 0 Å². The van der Waals surface area contributed by atoms with E-state index in [1.165, 1.54) is 6.07 Å². The van der Waals surface area contributed by atoms with Crippen LogP contribution in [0.25, 0.3) is 0 Å². The molecule has 2 heteroatoms. The molecule has 2 aromatic rings. The molecule has 1 unspecified atom stereocenters. The van der Waals surface area contributed by atoms with E-state index in [0.29, 0.717) is 0 Å². The third-order valence-electron chi connectivity index (χ3n) is 3.26. The van der Waals surface area contributed by atoms with Gasteiger partial charge in [-0.05, 0) is 48.6 Å². The number of benzene rings is 2. The second-order valence-corrected chi connectivity index (χ2v) is 4.63. The van der Waals surface area contributed by atoms with Crippen molar-refractivity contribution in [2.45, 2.75) is 25.8 Å². The van der Waals surface area contributed by atoms with Gasteiger partial charge in [-0.25, -0.2) is 4.39 Å². The highest BCUT2D eigenvalue weighted by Crippen LogP contribution is 2.19. The lowest BCUT2D eigenvalue weighted by Crippen LogP contribution is -2.11. The maximum absolute atomic E-state index is 13.2. The molecule has 2 rings (SSSR count). The first-order valence-corrected chi connectivity index (χ1v) is 6.22. The van der Waals surface area contributed by atoms with Crippen molar-refractivity contribution in [1.82, 2.24) is 0 Å². The van der Waals surface area contributed by atoms with Crippen LogP contribution >= 0.6 is 0 Å². The van der Waals surface area contributed by atoms with E-state index in [1.807, 2.05) is 43.3 Å². The SMILES string of the molecule is Cc1ccc(F)cc1CCC(N)c1ccccc1. The zero-order valence-corrected chi connectivity index (χ0v) is 10.6. The molecule has 0 bridgehead atoms. The summed E-state index contributed by atoms with van der Waals surface area (Å²) < 4.78 is 13.2. The summed E-state index contributed by atoms with van der Waals surface area (Å²) in [6.45, 7) is 2.00. The lowest BCUT2D eigenvalue weighted by Gasteiger charge is -2.13. The monoisotopic (exact) mass is 243 g/mol. The Morgan fingerprint density at radius 3 is 2.56 bits per heavy atom. The van der Waals surface area contributed by atoms with Crippen molar-refractivity contribution in [2.24, 2.45) is 5.73 Å². The molecule has 0 spiro atoms. The summed E-state index contributed by atoms with van der Waals surface area (Å²) in [5, 5.41) is 0. The standard InChI is InChI=1S/C16H18FN/c1-12-7-9-15(17)11-14(12)8-10-16(18)13-5-3-2-4-6-13/h2-7,9,11,16H,8,10,18H2,1H3. The quantitative estimate of drug-likeness (QED) is 0.869. The van der Waals surface area contributed by atoms with Crippen molar-refractivity contribution in [1.29, 1.82) is 0 Å². The van der Waals surface area contributed by atoms with Crippen LogP contribution in [0.4, 0.5) is 4.39 Å². The summed E-state index contributed by atoms with van der Waals surface area (Å²) in [7, 11) is 0. The average molecular weight is 243 g/mol. The number of aryl methyl sites for hydroxylation is 2. The van der Waals surface area contributed by atoms with Crippen LogP contribution in [-0.2, 0) is 6.42 Å². The van der Waals surface area contributed by atoms with E-state index in [2.05, 4.69) is 0 Å². The van der Waals surface area contributed by atoms with Gasteiger partial charge in [-0.3, -0.25) is 0 Å². The molecule has 94 valence electrons. The molecule has 0 aliphatic carbocycles. The fraction of sp³-hybridized carbons (Fsp3) is 0.250. The molecule has 0 saturated carbocycles. The Morgan fingerprint density at radius 1 is 1.11 bits per heavy atom. The lowest BCUT2D eigenvalue weighted by molar-refractivity contribution is 0.616. The van der Waals surface area contributed by atoms with Crippen LogP contribution in [0.15, 0.2) is 48.5 Å². The topological polar surface area (TPSA) is 26.0 Å². The minimum absolute atomic E-state index is 0.00821. The Labute approximate surface area is 107 Å². The number of rotatable bonds is 4. The Kier molecular flexibility index (Phi) is 4.11. The molecule has 0 aliphatic rings. The Morgan fingerprint density at radius 2 is 1.83 bits per heavy atom. The highest BCUT2D eigenvalue weighted by atomic mass is 19.1. The average Bonchev–Trinajstić information content (AvgIpc) is 2.40. The van der Waals surface area contributed by atoms with Gasteiger partial charge in [-0.15, -0.1) is 0 Å². The number of hydrogen-bond donors (Lipinski definition) is 1. The third-order valence-corrected chi connectivity index (χ3v) is 3.26. The third kappa shape index (κ3) is 3.17. The fourth-order valence-electron chi connectivity index (χ4n) is 2.09. The Hall–Kier alpha value is -1.67. The van der Waals surface area contributed by atoms with Gasteiger partial charge in [0.15, 0.2) is 0 Å². The van der Waals surface area contributed by atoms with Crippen molar-refractivity contribution in [3.05, 3.63) is 71.0 Å². The molecule has 0 amide bonds. The normalized spacial score (nSPS) is 12.4. The predicted molar refractivity (Wildman–Crippen MR) is 72.8 cm³/mol. The van der Waals surface area contributed by atoms with Crippen LogP contribution in [-0.4, -0.2) is 0 Å². The van der Waals surface area contributed by atoms with Gasteiger partial charge in [0.2, 0.25) is 0 Å². The first kappa shape index (κ1) is 12.8. The fourth-order valence-corrected chi connectivity index (χ4v) is 2.09. The van der Waals surface area contributed by atoms with Crippen molar-refractivity contribution >= 4 is 0 Å². The largest absolute Gasteiger partial charge is 0.324 e. The predicted octanol–water partition coefficient (Wildman–Crippen LogP) is 3.77. The van der Waals surface area contributed by atoms with Gasteiger partial charge in [0.05, 0.1) is 0 Å². The van der Waals surface area contributed by atoms with Crippen LogP contribution in [0, 0.1) is 12.7 Å². The molecule has 2 aromatic carbocycles. The molecule has 0 aromatic heterocycles. The van der Waals surface area contributed by atoms with E-state index in [9.17, 15) is 4.39 Å². The maximum atomic E-state index is 13.2. The van der Waals surface area contributed by atoms with E-state index in [1.54, 1.807) is 6.07 Å². The molecular formula is C16H18FN. The molecule has 2 N–H and O–H groups in total. The molecular weight excluding hydrogens is 225 g/mol. The van der Waals surface area contributed by atoms with Crippen molar-refractivity contribution < 1.29 is 4.39 Å². The molecule has 18 heavy (non-hydrogen) atoms. The molecule has 0 aliphatic heterocycles. The molecule has 0 fully saturated rings. The summed E-state index contributed by atoms with van der Waals surface area (Å²) in [5.74, 6) is -0.177. The highest BCUT2D eigenvalue weighted by Gasteiger charge is 2.07. The van der Waals surface area contributed by atoms with E-state index in [4.69, 9.17) is 5.73 Å². The summed E-state index contributed by atoms with van der Waals surface area (Å²) in [4.78, 5) is 0. The molecule has 0 heterocycles. The van der Waals surface area contributed by atoms with Crippen LogP contribution < -0.4 is 5.73 Å². The van der Waals surface area contributed by atoms with Gasteiger partial charge in [-0.2, -0.15) is 0 Å². The second-order valence-electron chi connectivity index (χ2n) is 4.63. The molecule has 1 atom stereocenters. The maximum Gasteiger partial charge on any atom is 0.123 e. The van der Waals surface area contributed by atoms with E-state index < -0.39 is 0 Å². The Bertz CT molecular complexity index is 508. The van der Waals surface area contributed by atoms with Crippen LogP contribution in [0.2, 0.25) is 0 Å². The van der Waals surface area contributed by atoms with Gasteiger partial charge in [0.25, 0.3) is 0 Å².